The van der Waals surface area contributed by atoms with Gasteiger partial charge in [-0.25, -0.2) is 18.7 Å². The van der Waals surface area contributed by atoms with Crippen LogP contribution in [0.25, 0.3) is 11.4 Å². The molecule has 1 amide bonds. The van der Waals surface area contributed by atoms with Crippen LogP contribution in [-0.2, 0) is 0 Å². The fourth-order valence-electron chi connectivity index (χ4n) is 4.03. The number of methoxy groups -OCH3 is 1. The summed E-state index contributed by atoms with van der Waals surface area (Å²) < 4.78 is 56.2. The van der Waals surface area contributed by atoms with Gasteiger partial charge in [0.05, 0.1) is 40.7 Å². The second-order valence-electron chi connectivity index (χ2n) is 8.04. The number of nitrogens with two attached hydrogens (primary N) is 1. The van der Waals surface area contributed by atoms with Crippen LogP contribution in [0.2, 0.25) is 0 Å². The summed E-state index contributed by atoms with van der Waals surface area (Å²) in [6, 6.07) is 7.26. The summed E-state index contributed by atoms with van der Waals surface area (Å²) in [6.07, 6.45) is 1.74. The van der Waals surface area contributed by atoms with Gasteiger partial charge in [0.15, 0.2) is 5.82 Å². The van der Waals surface area contributed by atoms with Crippen molar-refractivity contribution >= 4 is 17.3 Å². The minimum Gasteiger partial charge on any atom is -0.496 e. The van der Waals surface area contributed by atoms with Crippen molar-refractivity contribution in [1.29, 1.82) is 0 Å². The van der Waals surface area contributed by atoms with Crippen molar-refractivity contribution in [1.82, 2.24) is 9.97 Å². The number of benzene rings is 2. The van der Waals surface area contributed by atoms with Crippen LogP contribution in [0.1, 0.15) is 26.6 Å². The lowest BCUT2D eigenvalue weighted by atomic mass is 10.1. The lowest BCUT2D eigenvalue weighted by molar-refractivity contribution is 0.102. The monoisotopic (exact) mass is 472 g/mol. The van der Waals surface area contributed by atoms with Gasteiger partial charge in [0.25, 0.3) is 5.91 Å². The van der Waals surface area contributed by atoms with Crippen molar-refractivity contribution in [3.63, 3.8) is 0 Å². The van der Waals surface area contributed by atoms with Crippen molar-refractivity contribution in [3.8, 4) is 17.1 Å². The highest BCUT2D eigenvalue weighted by molar-refractivity contribution is 6.05. The number of aryl methyl sites for hydroxylation is 1. The van der Waals surface area contributed by atoms with E-state index in [-0.39, 0.29) is 52.8 Å². The van der Waals surface area contributed by atoms with Crippen molar-refractivity contribution < 1.29 is 27.5 Å². The molecule has 0 bridgehead atoms. The van der Waals surface area contributed by atoms with E-state index in [9.17, 15) is 14.3 Å². The topological polar surface area (TPSA) is 114 Å². The van der Waals surface area contributed by atoms with Crippen molar-refractivity contribution in [3.05, 3.63) is 65.5 Å². The first-order valence-electron chi connectivity index (χ1n) is 12.0. The van der Waals surface area contributed by atoms with Crippen molar-refractivity contribution in [2.24, 2.45) is 5.73 Å². The van der Waals surface area contributed by atoms with Gasteiger partial charge in [0.1, 0.15) is 23.1 Å². The maximum absolute atomic E-state index is 15.1. The third-order valence-corrected chi connectivity index (χ3v) is 5.69. The van der Waals surface area contributed by atoms with E-state index in [0.717, 1.165) is 6.07 Å². The highest BCUT2D eigenvalue weighted by Gasteiger charge is 2.31. The predicted molar refractivity (Wildman–Crippen MR) is 124 cm³/mol. The predicted octanol–water partition coefficient (Wildman–Crippen LogP) is 2.89. The number of aliphatic hydroxyl groups is 1. The van der Waals surface area contributed by atoms with Crippen LogP contribution < -0.4 is 20.7 Å². The van der Waals surface area contributed by atoms with Gasteiger partial charge in [0, 0.05) is 18.8 Å². The van der Waals surface area contributed by atoms with Crippen molar-refractivity contribution in [2.45, 2.75) is 25.4 Å². The van der Waals surface area contributed by atoms with Crippen LogP contribution in [0.4, 0.5) is 20.2 Å². The Kier molecular flexibility index (Phi) is 5.65. The Hall–Kier alpha value is -3.63. The van der Waals surface area contributed by atoms with Gasteiger partial charge in [-0.2, -0.15) is 0 Å². The number of aliphatic hydroxyl groups excluding tert-OH is 1. The normalized spacial score (nSPS) is 19.3. The van der Waals surface area contributed by atoms with Crippen LogP contribution in [0.5, 0.6) is 5.75 Å². The lowest BCUT2D eigenvalue weighted by Gasteiger charge is -2.27. The standard InChI is InChI=1S/C24H25F2N5O3/c1-13-3-6-20(34-2)21(22(13)26)23-28-8-7-17(29-23)24(33)30-18-9-14(25)4-5-19(18)31-11-15(27)10-16(31)12-32/h3-9,15-16,32H,10-12,27H2,1-2H3,(H,30,33)/t15-,16-/m0/s1/i2D3. The molecule has 1 aliphatic heterocycles. The summed E-state index contributed by atoms with van der Waals surface area (Å²) in [5, 5.41) is 12.4. The molecule has 0 spiro atoms. The van der Waals surface area contributed by atoms with E-state index in [2.05, 4.69) is 15.3 Å². The van der Waals surface area contributed by atoms with E-state index in [0.29, 0.717) is 18.7 Å². The number of hydrogen-bond donors (Lipinski definition) is 3. The van der Waals surface area contributed by atoms with Gasteiger partial charge in [-0.1, -0.05) is 6.07 Å². The summed E-state index contributed by atoms with van der Waals surface area (Å²) in [5.74, 6) is -2.72. The first-order chi connectivity index (χ1) is 17.5. The maximum atomic E-state index is 15.1. The van der Waals surface area contributed by atoms with E-state index in [4.69, 9.17) is 14.6 Å². The maximum Gasteiger partial charge on any atom is 0.274 e. The lowest BCUT2D eigenvalue weighted by Crippen LogP contribution is -2.33. The molecule has 2 atom stereocenters. The number of amides is 1. The quantitative estimate of drug-likeness (QED) is 0.506. The molecule has 1 saturated heterocycles. The summed E-state index contributed by atoms with van der Waals surface area (Å²) in [5.41, 5.74) is 6.33. The fraction of sp³-hybridized carbons (Fsp3) is 0.292. The second kappa shape index (κ2) is 9.70. The minimum absolute atomic E-state index is 0.130. The molecule has 8 nitrogen and oxygen atoms in total. The second-order valence-corrected chi connectivity index (χ2v) is 8.04. The molecule has 10 heteroatoms. The van der Waals surface area contributed by atoms with E-state index in [1.54, 1.807) is 4.90 Å². The molecule has 1 aromatic heterocycles. The van der Waals surface area contributed by atoms with E-state index in [1.807, 2.05) is 0 Å². The van der Waals surface area contributed by atoms with E-state index < -0.39 is 24.6 Å². The van der Waals surface area contributed by atoms with Crippen LogP contribution in [0.3, 0.4) is 0 Å². The summed E-state index contributed by atoms with van der Waals surface area (Å²) in [7, 11) is -2.86. The highest BCUT2D eigenvalue weighted by atomic mass is 19.1. The van der Waals surface area contributed by atoms with Gasteiger partial charge < -0.3 is 25.8 Å². The van der Waals surface area contributed by atoms with Gasteiger partial charge in [-0.15, -0.1) is 0 Å². The van der Waals surface area contributed by atoms with Gasteiger partial charge >= 0.3 is 0 Å². The van der Waals surface area contributed by atoms with E-state index >= 15 is 4.39 Å². The number of carbonyl (C=O) groups excluding carboxylic acids is 1. The number of hydrogen-bond acceptors (Lipinski definition) is 7. The average molecular weight is 473 g/mol. The molecule has 0 radical (unpaired) electrons. The average Bonchev–Trinajstić information content (AvgIpc) is 3.21. The molecule has 2 aromatic carbocycles. The Bertz CT molecular complexity index is 1330. The molecule has 3 aromatic rings. The number of aromatic nitrogens is 2. The van der Waals surface area contributed by atoms with E-state index in [1.165, 1.54) is 43.5 Å². The highest BCUT2D eigenvalue weighted by Crippen LogP contribution is 2.34. The fourth-order valence-corrected chi connectivity index (χ4v) is 4.03. The molecule has 4 rings (SSSR count). The first-order valence-corrected chi connectivity index (χ1v) is 10.5. The molecular weight excluding hydrogens is 444 g/mol. The number of ether oxygens (including phenoxy) is 1. The summed E-state index contributed by atoms with van der Waals surface area (Å²) >= 11 is 0. The number of nitrogens with zero attached hydrogens (tertiary/aromatic N) is 3. The molecule has 0 saturated carbocycles. The molecule has 178 valence electrons. The Morgan fingerprint density at radius 3 is 2.94 bits per heavy atom. The molecule has 4 N–H and O–H groups in total. The third-order valence-electron chi connectivity index (χ3n) is 5.69. The van der Waals surface area contributed by atoms with Crippen molar-refractivity contribution in [2.75, 3.05) is 30.4 Å². The Balaban J connectivity index is 1.68. The molecule has 34 heavy (non-hydrogen) atoms. The Morgan fingerprint density at radius 2 is 2.18 bits per heavy atom. The van der Waals surface area contributed by atoms with Gasteiger partial charge in [-0.3, -0.25) is 4.79 Å². The molecule has 1 aliphatic rings. The summed E-state index contributed by atoms with van der Waals surface area (Å²) in [6.45, 7) is 1.70. The number of rotatable bonds is 6. The number of anilines is 2. The zero-order chi connectivity index (χ0) is 26.9. The van der Waals surface area contributed by atoms with Crippen LogP contribution in [-0.4, -0.2) is 53.3 Å². The minimum atomic E-state index is -2.86. The van der Waals surface area contributed by atoms with Crippen LogP contribution in [0, 0.1) is 18.6 Å². The van der Waals surface area contributed by atoms with Crippen LogP contribution in [0.15, 0.2) is 42.6 Å². The molecule has 1 fully saturated rings. The Labute approximate surface area is 199 Å². The number of nitrogens with one attached hydrogen (secondary N) is 1. The molecule has 0 unspecified atom stereocenters. The number of halogens is 2. The smallest absolute Gasteiger partial charge is 0.274 e. The largest absolute Gasteiger partial charge is 0.496 e. The van der Waals surface area contributed by atoms with Crippen LogP contribution >= 0.6 is 0 Å². The Morgan fingerprint density at radius 1 is 1.35 bits per heavy atom. The van der Waals surface area contributed by atoms with Gasteiger partial charge in [-0.05, 0) is 49.2 Å². The number of carbonyl (C=O) groups is 1. The zero-order valence-corrected chi connectivity index (χ0v) is 18.3. The summed E-state index contributed by atoms with van der Waals surface area (Å²) in [4.78, 5) is 23.1. The third kappa shape index (κ3) is 4.55. The SMILES string of the molecule is [2H]C([2H])([2H])Oc1ccc(C)c(F)c1-c1nccc(C(=O)Nc2cc(F)ccc2N2C[C@@H](N)C[C@H]2CO)n1. The molecule has 0 aliphatic carbocycles. The van der Waals surface area contributed by atoms with Gasteiger partial charge in [0.2, 0.25) is 0 Å². The zero-order valence-electron chi connectivity index (χ0n) is 21.3. The molecule has 2 heterocycles. The first kappa shape index (κ1) is 19.8. The molecular formula is C24H25F2N5O3.